The zero-order valence-corrected chi connectivity index (χ0v) is 8.46. The Morgan fingerprint density at radius 1 is 1.13 bits per heavy atom. The fourth-order valence-corrected chi connectivity index (χ4v) is 0.973. The first kappa shape index (κ1) is 14.6. The lowest BCUT2D eigenvalue weighted by molar-refractivity contribution is -0.0573. The van der Waals surface area contributed by atoms with E-state index in [0.717, 1.165) is 6.92 Å². The number of rotatable bonds is 5. The molecule has 0 saturated carbocycles. The molecule has 0 aliphatic heterocycles. The Morgan fingerprint density at radius 2 is 1.53 bits per heavy atom. The van der Waals surface area contributed by atoms with Crippen molar-refractivity contribution in [3.63, 3.8) is 0 Å². The summed E-state index contributed by atoms with van der Waals surface area (Å²) in [5.74, 6) is 0. The van der Waals surface area contributed by atoms with E-state index in [0.29, 0.717) is 0 Å². The van der Waals surface area contributed by atoms with Crippen LogP contribution in [0.3, 0.4) is 0 Å². The zero-order chi connectivity index (χ0) is 12.3. The predicted molar refractivity (Wildman–Crippen MR) is 41.0 cm³/mol. The predicted octanol–water partition coefficient (Wildman–Crippen LogP) is 1.80. The number of alkyl halides is 5. The van der Waals surface area contributed by atoms with Crippen molar-refractivity contribution in [3.8, 4) is 0 Å². The minimum Gasteiger partial charge on any atom is -0.262 e. The van der Waals surface area contributed by atoms with Crippen molar-refractivity contribution in [1.29, 1.82) is 0 Å². The minimum atomic E-state index is -5.78. The first-order valence-corrected chi connectivity index (χ1v) is 5.06. The van der Waals surface area contributed by atoms with Crippen LogP contribution < -0.4 is 0 Å². The highest BCUT2D eigenvalue weighted by Gasteiger charge is 2.48. The van der Waals surface area contributed by atoms with Crippen LogP contribution in [0.1, 0.15) is 6.92 Å². The van der Waals surface area contributed by atoms with E-state index in [9.17, 15) is 30.4 Å². The molecule has 0 heterocycles. The molecule has 0 radical (unpaired) electrons. The smallest absolute Gasteiger partial charge is 0.262 e. The van der Waals surface area contributed by atoms with Gasteiger partial charge in [-0.3, -0.25) is 13.0 Å². The van der Waals surface area contributed by atoms with Gasteiger partial charge in [-0.05, 0) is 0 Å². The van der Waals surface area contributed by atoms with Crippen LogP contribution in [0.15, 0.2) is 0 Å². The van der Waals surface area contributed by atoms with Crippen LogP contribution in [-0.4, -0.2) is 33.9 Å². The molecule has 3 nitrogen and oxygen atoms in total. The summed E-state index contributed by atoms with van der Waals surface area (Å²) in [5.41, 5.74) is -7.46. The molecule has 0 aromatic heterocycles. The molecule has 0 aliphatic carbocycles. The van der Waals surface area contributed by atoms with Gasteiger partial charge in [0.1, 0.15) is 0 Å². The second-order valence-corrected chi connectivity index (χ2v) is 4.85. The van der Waals surface area contributed by atoms with Gasteiger partial charge in [0.25, 0.3) is 0 Å². The minimum absolute atomic E-state index is 0.929. The average molecular weight is 256 g/mol. The third kappa shape index (κ3) is 3.90. The van der Waals surface area contributed by atoms with Crippen LogP contribution in [0.5, 0.6) is 0 Å². The van der Waals surface area contributed by atoms with Crippen molar-refractivity contribution in [2.24, 2.45) is 5.41 Å². The quantitative estimate of drug-likeness (QED) is 0.428. The van der Waals surface area contributed by atoms with Crippen molar-refractivity contribution in [1.82, 2.24) is 0 Å². The molecule has 0 spiro atoms. The van der Waals surface area contributed by atoms with Gasteiger partial charge in [-0.2, -0.15) is 21.6 Å². The van der Waals surface area contributed by atoms with Gasteiger partial charge in [0, 0.05) is 5.41 Å². The first-order valence-electron chi connectivity index (χ1n) is 3.65. The normalized spacial score (nSPS) is 14.3. The summed E-state index contributed by atoms with van der Waals surface area (Å²) < 4.78 is 83.6. The molecule has 9 heteroatoms. The van der Waals surface area contributed by atoms with E-state index in [4.69, 9.17) is 0 Å². The van der Waals surface area contributed by atoms with Gasteiger partial charge < -0.3 is 0 Å². The SMILES string of the molecule is CC(CF)(CF)COS(=O)(=O)C(F)(F)F. The lowest BCUT2D eigenvalue weighted by atomic mass is 9.96. The highest BCUT2D eigenvalue weighted by atomic mass is 32.2. The van der Waals surface area contributed by atoms with Crippen molar-refractivity contribution in [2.45, 2.75) is 12.4 Å². The number of halogens is 5. The van der Waals surface area contributed by atoms with Crippen molar-refractivity contribution < 1.29 is 34.6 Å². The van der Waals surface area contributed by atoms with Crippen LogP contribution in [0.2, 0.25) is 0 Å². The Kier molecular flexibility index (Phi) is 4.47. The van der Waals surface area contributed by atoms with Gasteiger partial charge in [0.05, 0.1) is 20.0 Å². The molecule has 0 aliphatic rings. The summed E-state index contributed by atoms with van der Waals surface area (Å²) in [7, 11) is -5.78. The molecule has 0 saturated heterocycles. The average Bonchev–Trinajstić information content (AvgIpc) is 2.13. The molecular formula is C6H9F5O3S. The topological polar surface area (TPSA) is 43.4 Å². The van der Waals surface area contributed by atoms with Crippen LogP contribution in [0.4, 0.5) is 22.0 Å². The van der Waals surface area contributed by atoms with Gasteiger partial charge in [-0.25, -0.2) is 0 Å². The van der Waals surface area contributed by atoms with Crippen LogP contribution in [-0.2, 0) is 14.3 Å². The third-order valence-corrected chi connectivity index (χ3v) is 2.49. The van der Waals surface area contributed by atoms with E-state index in [-0.39, 0.29) is 0 Å². The van der Waals surface area contributed by atoms with Crippen molar-refractivity contribution >= 4 is 10.1 Å². The monoisotopic (exact) mass is 256 g/mol. The van der Waals surface area contributed by atoms with Crippen molar-refractivity contribution in [3.05, 3.63) is 0 Å². The molecule has 0 amide bonds. The van der Waals surface area contributed by atoms with Gasteiger partial charge >= 0.3 is 15.6 Å². The second-order valence-electron chi connectivity index (χ2n) is 3.24. The lowest BCUT2D eigenvalue weighted by Crippen LogP contribution is -2.33. The van der Waals surface area contributed by atoms with E-state index in [1.54, 1.807) is 0 Å². The number of hydrogen-bond acceptors (Lipinski definition) is 3. The summed E-state index contributed by atoms with van der Waals surface area (Å²) in [6.07, 6.45) is 0. The van der Waals surface area contributed by atoms with Gasteiger partial charge in [0.2, 0.25) is 0 Å². The Morgan fingerprint density at radius 3 is 1.80 bits per heavy atom. The second kappa shape index (κ2) is 4.60. The molecular weight excluding hydrogens is 247 g/mol. The largest absolute Gasteiger partial charge is 0.523 e. The molecule has 0 atom stereocenters. The molecule has 0 aromatic carbocycles. The highest BCUT2D eigenvalue weighted by molar-refractivity contribution is 7.87. The molecule has 0 unspecified atom stereocenters. The van der Waals surface area contributed by atoms with E-state index >= 15 is 0 Å². The van der Waals surface area contributed by atoms with E-state index in [2.05, 4.69) is 4.18 Å². The van der Waals surface area contributed by atoms with E-state index in [1.165, 1.54) is 0 Å². The van der Waals surface area contributed by atoms with Gasteiger partial charge in [-0.15, -0.1) is 0 Å². The fourth-order valence-electron chi connectivity index (χ4n) is 0.400. The molecule has 92 valence electrons. The first-order chi connectivity index (χ1) is 6.58. The Hall–Kier alpha value is -0.440. The Labute approximate surface area is 83.3 Å². The maximum absolute atomic E-state index is 12.1. The summed E-state index contributed by atoms with van der Waals surface area (Å²) in [6, 6.07) is 0. The van der Waals surface area contributed by atoms with Gasteiger partial charge in [0.15, 0.2) is 0 Å². The van der Waals surface area contributed by atoms with Gasteiger partial charge in [-0.1, -0.05) is 6.92 Å². The molecule has 0 N–H and O–H groups in total. The summed E-state index contributed by atoms with van der Waals surface area (Å²) in [5, 5.41) is 0. The van der Waals surface area contributed by atoms with Crippen molar-refractivity contribution in [2.75, 3.05) is 20.0 Å². The van der Waals surface area contributed by atoms with Crippen LogP contribution >= 0.6 is 0 Å². The lowest BCUT2D eigenvalue weighted by Gasteiger charge is -2.21. The fraction of sp³-hybridized carbons (Fsp3) is 1.00. The maximum atomic E-state index is 12.1. The Bertz CT molecular complexity index is 292. The standard InChI is InChI=1S/C6H9F5O3S/c1-5(2-7,3-8)4-14-15(12,13)6(9,10)11/h2-4H2,1H3. The molecule has 15 heavy (non-hydrogen) atoms. The Balaban J connectivity index is 4.53. The molecule has 0 rings (SSSR count). The summed E-state index contributed by atoms with van der Waals surface area (Å²) >= 11 is 0. The van der Waals surface area contributed by atoms with Crippen LogP contribution in [0.25, 0.3) is 0 Å². The maximum Gasteiger partial charge on any atom is 0.523 e. The van der Waals surface area contributed by atoms with E-state index in [1.807, 2.05) is 0 Å². The molecule has 0 bridgehead atoms. The van der Waals surface area contributed by atoms with Crippen LogP contribution in [0, 0.1) is 5.41 Å². The molecule has 0 aromatic rings. The zero-order valence-electron chi connectivity index (χ0n) is 7.64. The third-order valence-electron chi connectivity index (χ3n) is 1.49. The number of hydrogen-bond donors (Lipinski definition) is 0. The van der Waals surface area contributed by atoms with E-state index < -0.39 is 41.0 Å². The molecule has 0 fully saturated rings. The summed E-state index contributed by atoms with van der Waals surface area (Å²) in [6.45, 7) is -2.91. The summed E-state index contributed by atoms with van der Waals surface area (Å²) in [4.78, 5) is 0. The highest BCUT2D eigenvalue weighted by Crippen LogP contribution is 2.27.